The summed E-state index contributed by atoms with van der Waals surface area (Å²) < 4.78 is 10.5. The van der Waals surface area contributed by atoms with Crippen LogP contribution < -0.4 is 0 Å². The van der Waals surface area contributed by atoms with E-state index in [2.05, 4.69) is 4.90 Å². The molecule has 0 atom stereocenters. The van der Waals surface area contributed by atoms with E-state index >= 15 is 0 Å². The Bertz CT molecular complexity index is 611. The van der Waals surface area contributed by atoms with Crippen LogP contribution in [0.15, 0.2) is 41.0 Å². The van der Waals surface area contributed by atoms with E-state index in [0.717, 1.165) is 17.9 Å². The maximum atomic E-state index is 11.0. The zero-order chi connectivity index (χ0) is 15.9. The monoisotopic (exact) mass is 304 g/mol. The average molecular weight is 304 g/mol. The van der Waals surface area contributed by atoms with Crippen LogP contribution in [0.4, 0.5) is 5.69 Å². The third-order valence-electron chi connectivity index (χ3n) is 3.58. The first kappa shape index (κ1) is 16.2. The Morgan fingerprint density at radius 2 is 2.09 bits per heavy atom. The minimum Gasteiger partial charge on any atom is -0.468 e. The zero-order valence-electron chi connectivity index (χ0n) is 12.8. The summed E-state index contributed by atoms with van der Waals surface area (Å²) in [5.41, 5.74) is 1.80. The second-order valence-electron chi connectivity index (χ2n) is 5.10. The molecule has 1 heterocycles. The molecule has 22 heavy (non-hydrogen) atoms. The number of ether oxygens (including phenoxy) is 1. The lowest BCUT2D eigenvalue weighted by Crippen LogP contribution is -2.26. The molecule has 0 saturated heterocycles. The third-order valence-corrected chi connectivity index (χ3v) is 3.58. The number of furan rings is 1. The Hall–Kier alpha value is -2.18. The summed E-state index contributed by atoms with van der Waals surface area (Å²) in [6, 6.07) is 8.94. The highest BCUT2D eigenvalue weighted by atomic mass is 16.6. The van der Waals surface area contributed by atoms with Gasteiger partial charge in [0.1, 0.15) is 5.76 Å². The van der Waals surface area contributed by atoms with E-state index in [0.29, 0.717) is 25.3 Å². The second-order valence-corrected chi connectivity index (χ2v) is 5.10. The Morgan fingerprint density at radius 1 is 1.27 bits per heavy atom. The molecular formula is C16H20N2O4. The van der Waals surface area contributed by atoms with Crippen molar-refractivity contribution in [3.8, 4) is 0 Å². The molecule has 2 rings (SSSR count). The van der Waals surface area contributed by atoms with Crippen LogP contribution in [0.1, 0.15) is 16.9 Å². The van der Waals surface area contributed by atoms with Gasteiger partial charge in [0.05, 0.1) is 24.3 Å². The summed E-state index contributed by atoms with van der Waals surface area (Å²) in [6.07, 6.45) is 1.64. The molecule has 0 N–H and O–H groups in total. The quantitative estimate of drug-likeness (QED) is 0.553. The van der Waals surface area contributed by atoms with Gasteiger partial charge in [-0.1, -0.05) is 12.1 Å². The van der Waals surface area contributed by atoms with Crippen molar-refractivity contribution >= 4 is 5.69 Å². The number of nitro benzene ring substituents is 1. The van der Waals surface area contributed by atoms with Crippen LogP contribution >= 0.6 is 0 Å². The lowest BCUT2D eigenvalue weighted by molar-refractivity contribution is -0.385. The van der Waals surface area contributed by atoms with E-state index in [1.165, 1.54) is 6.07 Å². The van der Waals surface area contributed by atoms with Crippen LogP contribution in [0.25, 0.3) is 0 Å². The van der Waals surface area contributed by atoms with Gasteiger partial charge in [0.2, 0.25) is 0 Å². The van der Waals surface area contributed by atoms with Gasteiger partial charge in [0.25, 0.3) is 5.69 Å². The molecule has 0 amide bonds. The smallest absolute Gasteiger partial charge is 0.272 e. The van der Waals surface area contributed by atoms with Crippen molar-refractivity contribution < 1.29 is 14.1 Å². The van der Waals surface area contributed by atoms with Crippen LogP contribution in [0.3, 0.4) is 0 Å². The SMILES string of the molecule is COCCN(Cc1ccco1)Cc1cccc([N+](=O)[O-])c1C. The van der Waals surface area contributed by atoms with Gasteiger partial charge in [-0.3, -0.25) is 15.0 Å². The number of nitro groups is 1. The molecule has 0 aliphatic rings. The molecule has 0 radical (unpaired) electrons. The topological polar surface area (TPSA) is 68.8 Å². The van der Waals surface area contributed by atoms with Crippen molar-refractivity contribution in [2.45, 2.75) is 20.0 Å². The molecule has 0 fully saturated rings. The summed E-state index contributed by atoms with van der Waals surface area (Å²) in [4.78, 5) is 12.8. The van der Waals surface area contributed by atoms with Gasteiger partial charge < -0.3 is 9.15 Å². The third kappa shape index (κ3) is 4.16. The van der Waals surface area contributed by atoms with Crippen molar-refractivity contribution in [2.24, 2.45) is 0 Å². The summed E-state index contributed by atoms with van der Waals surface area (Å²) >= 11 is 0. The predicted octanol–water partition coefficient (Wildman–Crippen LogP) is 3.14. The fraction of sp³-hybridized carbons (Fsp3) is 0.375. The van der Waals surface area contributed by atoms with Crippen molar-refractivity contribution in [3.63, 3.8) is 0 Å². The number of hydrogen-bond acceptors (Lipinski definition) is 5. The van der Waals surface area contributed by atoms with Gasteiger partial charge >= 0.3 is 0 Å². The highest BCUT2D eigenvalue weighted by molar-refractivity contribution is 5.44. The largest absolute Gasteiger partial charge is 0.468 e. The van der Waals surface area contributed by atoms with Crippen molar-refractivity contribution in [2.75, 3.05) is 20.3 Å². The fourth-order valence-electron chi connectivity index (χ4n) is 2.34. The molecular weight excluding hydrogens is 284 g/mol. The lowest BCUT2D eigenvalue weighted by atomic mass is 10.1. The molecule has 118 valence electrons. The normalized spacial score (nSPS) is 11.0. The molecule has 1 aromatic carbocycles. The lowest BCUT2D eigenvalue weighted by Gasteiger charge is -2.21. The summed E-state index contributed by atoms with van der Waals surface area (Å²) in [5.74, 6) is 0.860. The molecule has 6 nitrogen and oxygen atoms in total. The summed E-state index contributed by atoms with van der Waals surface area (Å²) in [6.45, 7) is 4.35. The molecule has 1 aromatic heterocycles. The van der Waals surface area contributed by atoms with E-state index in [-0.39, 0.29) is 10.6 Å². The van der Waals surface area contributed by atoms with Gasteiger partial charge in [0.15, 0.2) is 0 Å². The molecule has 2 aromatic rings. The standard InChI is InChI=1S/C16H20N2O4/c1-13-14(5-3-7-16(13)18(19)20)11-17(8-10-21-2)12-15-6-4-9-22-15/h3-7,9H,8,10-12H2,1-2H3. The van der Waals surface area contributed by atoms with E-state index < -0.39 is 0 Å². The Labute approximate surface area is 129 Å². The van der Waals surface area contributed by atoms with Gasteiger partial charge in [-0.25, -0.2) is 0 Å². The van der Waals surface area contributed by atoms with E-state index in [1.807, 2.05) is 18.2 Å². The number of benzene rings is 1. The Kier molecular flexibility index (Phi) is 5.68. The summed E-state index contributed by atoms with van der Waals surface area (Å²) in [7, 11) is 1.66. The van der Waals surface area contributed by atoms with Crippen LogP contribution in [0.5, 0.6) is 0 Å². The van der Waals surface area contributed by atoms with Gasteiger partial charge in [-0.2, -0.15) is 0 Å². The zero-order valence-corrected chi connectivity index (χ0v) is 12.8. The number of hydrogen-bond donors (Lipinski definition) is 0. The van der Waals surface area contributed by atoms with Crippen LogP contribution in [0, 0.1) is 17.0 Å². The van der Waals surface area contributed by atoms with Crippen LogP contribution in [-0.2, 0) is 17.8 Å². The number of rotatable bonds is 8. The molecule has 0 saturated carbocycles. The Balaban J connectivity index is 2.15. The number of methoxy groups -OCH3 is 1. The first-order valence-corrected chi connectivity index (χ1v) is 7.08. The van der Waals surface area contributed by atoms with E-state index in [9.17, 15) is 10.1 Å². The highest BCUT2D eigenvalue weighted by Crippen LogP contribution is 2.22. The minimum atomic E-state index is -0.342. The highest BCUT2D eigenvalue weighted by Gasteiger charge is 2.16. The molecule has 0 aliphatic carbocycles. The average Bonchev–Trinajstić information content (AvgIpc) is 2.99. The minimum absolute atomic E-state index is 0.155. The van der Waals surface area contributed by atoms with Gasteiger partial charge in [-0.05, 0) is 24.6 Å². The molecule has 0 bridgehead atoms. The van der Waals surface area contributed by atoms with Crippen molar-refractivity contribution in [3.05, 3.63) is 63.6 Å². The molecule has 0 unspecified atom stereocenters. The van der Waals surface area contributed by atoms with E-state index in [4.69, 9.17) is 9.15 Å². The fourth-order valence-corrected chi connectivity index (χ4v) is 2.34. The maximum absolute atomic E-state index is 11.0. The van der Waals surface area contributed by atoms with Crippen molar-refractivity contribution in [1.82, 2.24) is 4.90 Å². The summed E-state index contributed by atoms with van der Waals surface area (Å²) in [5, 5.41) is 11.0. The first-order chi connectivity index (χ1) is 10.6. The van der Waals surface area contributed by atoms with E-state index in [1.54, 1.807) is 26.4 Å². The van der Waals surface area contributed by atoms with Gasteiger partial charge in [0, 0.05) is 31.8 Å². The first-order valence-electron chi connectivity index (χ1n) is 7.08. The Morgan fingerprint density at radius 3 is 2.73 bits per heavy atom. The van der Waals surface area contributed by atoms with Crippen LogP contribution in [0.2, 0.25) is 0 Å². The van der Waals surface area contributed by atoms with Gasteiger partial charge in [-0.15, -0.1) is 0 Å². The van der Waals surface area contributed by atoms with Crippen LogP contribution in [-0.4, -0.2) is 30.1 Å². The molecule has 6 heteroatoms. The predicted molar refractivity (Wildman–Crippen MR) is 82.5 cm³/mol. The molecule has 0 spiro atoms. The maximum Gasteiger partial charge on any atom is 0.272 e. The van der Waals surface area contributed by atoms with Crippen molar-refractivity contribution in [1.29, 1.82) is 0 Å². The number of nitrogens with zero attached hydrogens (tertiary/aromatic N) is 2. The molecule has 0 aliphatic heterocycles. The second kappa shape index (κ2) is 7.72.